The Kier molecular flexibility index (Phi) is 9.06. The van der Waals surface area contributed by atoms with Crippen LogP contribution in [0.3, 0.4) is 0 Å². The summed E-state index contributed by atoms with van der Waals surface area (Å²) in [6.45, 7) is 2.14. The largest absolute Gasteiger partial charge is 0.487 e. The summed E-state index contributed by atoms with van der Waals surface area (Å²) in [6, 6.07) is 14.7. The van der Waals surface area contributed by atoms with Gasteiger partial charge in [-0.25, -0.2) is 0 Å². The van der Waals surface area contributed by atoms with Gasteiger partial charge in [-0.05, 0) is 42.0 Å². The number of hydrogen-bond acceptors (Lipinski definition) is 4. The number of carbonyl (C=O) groups excluding carboxylic acids is 1. The lowest BCUT2D eigenvalue weighted by atomic mass is 9.92. The van der Waals surface area contributed by atoms with Crippen LogP contribution in [0, 0.1) is 5.92 Å². The Morgan fingerprint density at radius 2 is 1.79 bits per heavy atom. The molecule has 2 aromatic rings. The average Bonchev–Trinajstić information content (AvgIpc) is 2.72. The van der Waals surface area contributed by atoms with E-state index in [1.54, 1.807) is 6.07 Å². The molecule has 1 aliphatic rings. The van der Waals surface area contributed by atoms with E-state index in [4.69, 9.17) is 26.8 Å². The molecule has 0 aromatic heterocycles. The maximum Gasteiger partial charge on any atom is 0.237 e. The van der Waals surface area contributed by atoms with Crippen LogP contribution in [-0.2, 0) is 22.7 Å². The van der Waals surface area contributed by atoms with Crippen LogP contribution in [-0.4, -0.2) is 25.2 Å². The van der Waals surface area contributed by atoms with Crippen LogP contribution in [0.15, 0.2) is 48.5 Å². The van der Waals surface area contributed by atoms with Crippen molar-refractivity contribution in [3.63, 3.8) is 0 Å². The summed E-state index contributed by atoms with van der Waals surface area (Å²) in [5.74, 6) is 0.695. The molecule has 1 atom stereocenters. The van der Waals surface area contributed by atoms with E-state index in [0.717, 1.165) is 24.0 Å². The molecule has 1 saturated heterocycles. The lowest BCUT2D eigenvalue weighted by Crippen LogP contribution is -2.46. The molecule has 0 bridgehead atoms. The Labute approximate surface area is 177 Å². The van der Waals surface area contributed by atoms with Crippen molar-refractivity contribution in [2.75, 3.05) is 13.2 Å². The fourth-order valence-corrected chi connectivity index (χ4v) is 3.37. The van der Waals surface area contributed by atoms with E-state index in [1.807, 2.05) is 42.5 Å². The van der Waals surface area contributed by atoms with Gasteiger partial charge in [0.1, 0.15) is 12.4 Å². The average molecular weight is 425 g/mol. The van der Waals surface area contributed by atoms with Gasteiger partial charge in [0.15, 0.2) is 0 Å². The van der Waals surface area contributed by atoms with Gasteiger partial charge in [-0.2, -0.15) is 0 Å². The highest BCUT2D eigenvalue weighted by molar-refractivity contribution is 6.32. The molecule has 1 fully saturated rings. The minimum Gasteiger partial charge on any atom is -0.487 e. The molecule has 1 heterocycles. The van der Waals surface area contributed by atoms with Crippen LogP contribution in [0.1, 0.15) is 24.0 Å². The number of carbonyl (C=O) groups is 1. The third-order valence-corrected chi connectivity index (χ3v) is 5.18. The Hall–Kier alpha value is -1.79. The first-order valence-electron chi connectivity index (χ1n) is 9.20. The normalized spacial score (nSPS) is 15.4. The van der Waals surface area contributed by atoms with Crippen LogP contribution >= 0.6 is 24.0 Å². The molecule has 0 radical (unpaired) electrons. The lowest BCUT2D eigenvalue weighted by molar-refractivity contribution is -0.124. The van der Waals surface area contributed by atoms with Crippen molar-refractivity contribution in [1.29, 1.82) is 0 Å². The number of nitrogens with one attached hydrogen (secondary N) is 1. The first-order valence-corrected chi connectivity index (χ1v) is 9.58. The minimum atomic E-state index is -0.500. The van der Waals surface area contributed by atoms with Gasteiger partial charge in [-0.1, -0.05) is 48.0 Å². The molecular formula is C21H26Cl2N2O3. The fraction of sp³-hybridized carbons (Fsp3) is 0.381. The second-order valence-electron chi connectivity index (χ2n) is 6.68. The zero-order valence-electron chi connectivity index (χ0n) is 15.6. The van der Waals surface area contributed by atoms with Gasteiger partial charge >= 0.3 is 0 Å². The maximum atomic E-state index is 12.4. The van der Waals surface area contributed by atoms with Gasteiger partial charge < -0.3 is 20.5 Å². The zero-order valence-corrected chi connectivity index (χ0v) is 17.2. The summed E-state index contributed by atoms with van der Waals surface area (Å²) in [4.78, 5) is 12.4. The number of amides is 1. The third kappa shape index (κ3) is 6.11. The van der Waals surface area contributed by atoms with Gasteiger partial charge in [0.25, 0.3) is 0 Å². The van der Waals surface area contributed by atoms with Crippen molar-refractivity contribution in [1.82, 2.24) is 5.32 Å². The predicted octanol–water partition coefficient (Wildman–Crippen LogP) is 3.71. The molecule has 1 aliphatic heterocycles. The number of benzene rings is 2. The topological polar surface area (TPSA) is 73.6 Å². The van der Waals surface area contributed by atoms with Gasteiger partial charge in [-0.15, -0.1) is 12.4 Å². The molecule has 0 spiro atoms. The van der Waals surface area contributed by atoms with E-state index in [0.29, 0.717) is 37.1 Å². The van der Waals surface area contributed by atoms with Gasteiger partial charge in [0, 0.05) is 19.8 Å². The van der Waals surface area contributed by atoms with E-state index in [1.165, 1.54) is 0 Å². The van der Waals surface area contributed by atoms with Crippen LogP contribution in [0.25, 0.3) is 0 Å². The fourth-order valence-electron chi connectivity index (χ4n) is 3.18. The standard InChI is InChI=1S/C21H25ClN2O3.ClH/c22-18-7-3-4-8-19(18)27-14-17-6-2-1-5-16(17)13-24-21(25)20(23)15-9-11-26-12-10-15;/h1-8,15,20H,9-14,23H2,(H,24,25);1H. The zero-order chi connectivity index (χ0) is 19.1. The maximum absolute atomic E-state index is 12.4. The number of halogens is 2. The minimum absolute atomic E-state index is 0. The van der Waals surface area contributed by atoms with E-state index in [2.05, 4.69) is 5.32 Å². The second-order valence-corrected chi connectivity index (χ2v) is 7.09. The van der Waals surface area contributed by atoms with Gasteiger partial charge in [-0.3, -0.25) is 4.79 Å². The first kappa shape index (κ1) is 22.5. The first-order chi connectivity index (χ1) is 13.1. The highest BCUT2D eigenvalue weighted by Crippen LogP contribution is 2.24. The molecular weight excluding hydrogens is 399 g/mol. The Balaban J connectivity index is 0.00000280. The van der Waals surface area contributed by atoms with Crippen molar-refractivity contribution in [2.24, 2.45) is 11.7 Å². The summed E-state index contributed by atoms with van der Waals surface area (Å²) in [6.07, 6.45) is 1.66. The van der Waals surface area contributed by atoms with Crippen molar-refractivity contribution in [2.45, 2.75) is 32.0 Å². The number of para-hydroxylation sites is 1. The Morgan fingerprint density at radius 1 is 1.14 bits per heavy atom. The molecule has 152 valence electrons. The van der Waals surface area contributed by atoms with E-state index < -0.39 is 6.04 Å². The molecule has 7 heteroatoms. The molecule has 28 heavy (non-hydrogen) atoms. The Morgan fingerprint density at radius 3 is 2.50 bits per heavy atom. The predicted molar refractivity (Wildman–Crippen MR) is 113 cm³/mol. The van der Waals surface area contributed by atoms with E-state index in [-0.39, 0.29) is 24.2 Å². The van der Waals surface area contributed by atoms with Crippen LogP contribution in [0.4, 0.5) is 0 Å². The molecule has 5 nitrogen and oxygen atoms in total. The summed E-state index contributed by atoms with van der Waals surface area (Å²) in [5, 5.41) is 3.53. The number of hydrogen-bond donors (Lipinski definition) is 2. The van der Waals surface area contributed by atoms with Gasteiger partial charge in [0.05, 0.1) is 11.1 Å². The highest BCUT2D eigenvalue weighted by atomic mass is 35.5. The summed E-state index contributed by atoms with van der Waals surface area (Å²) in [5.41, 5.74) is 8.13. The van der Waals surface area contributed by atoms with E-state index in [9.17, 15) is 4.79 Å². The summed E-state index contributed by atoms with van der Waals surface area (Å²) in [7, 11) is 0. The summed E-state index contributed by atoms with van der Waals surface area (Å²) >= 11 is 6.14. The lowest BCUT2D eigenvalue weighted by Gasteiger charge is -2.26. The molecule has 1 amide bonds. The number of ether oxygens (including phenoxy) is 2. The van der Waals surface area contributed by atoms with Crippen molar-refractivity contribution in [3.05, 3.63) is 64.7 Å². The highest BCUT2D eigenvalue weighted by Gasteiger charge is 2.26. The number of nitrogens with two attached hydrogens (primary N) is 1. The molecule has 0 saturated carbocycles. The molecule has 3 rings (SSSR count). The van der Waals surface area contributed by atoms with E-state index >= 15 is 0 Å². The van der Waals surface area contributed by atoms with Crippen molar-refractivity contribution in [3.8, 4) is 5.75 Å². The second kappa shape index (κ2) is 11.3. The van der Waals surface area contributed by atoms with Crippen LogP contribution < -0.4 is 15.8 Å². The monoisotopic (exact) mass is 424 g/mol. The van der Waals surface area contributed by atoms with Gasteiger partial charge in [0.2, 0.25) is 5.91 Å². The SMILES string of the molecule is Cl.NC(C(=O)NCc1ccccc1COc1ccccc1Cl)C1CCOCC1. The van der Waals surface area contributed by atoms with Crippen molar-refractivity contribution < 1.29 is 14.3 Å². The molecule has 3 N–H and O–H groups in total. The molecule has 1 unspecified atom stereocenters. The van der Waals surface area contributed by atoms with Crippen LogP contribution in [0.5, 0.6) is 5.75 Å². The van der Waals surface area contributed by atoms with Crippen LogP contribution in [0.2, 0.25) is 5.02 Å². The quantitative estimate of drug-likeness (QED) is 0.710. The summed E-state index contributed by atoms with van der Waals surface area (Å²) < 4.78 is 11.2. The smallest absolute Gasteiger partial charge is 0.237 e. The third-order valence-electron chi connectivity index (χ3n) is 4.87. The number of rotatable bonds is 7. The molecule has 0 aliphatic carbocycles. The Bertz CT molecular complexity index is 767. The van der Waals surface area contributed by atoms with Crippen molar-refractivity contribution >= 4 is 29.9 Å². The molecule has 2 aromatic carbocycles.